The van der Waals surface area contributed by atoms with E-state index >= 15 is 0 Å². The van der Waals surface area contributed by atoms with E-state index in [2.05, 4.69) is 0 Å². The Morgan fingerprint density at radius 1 is 0.867 bits per heavy atom. The monoisotopic (exact) mass is 239 g/mol. The Balaban J connectivity index is 3.39. The van der Waals surface area contributed by atoms with Crippen LogP contribution in [0.4, 0.5) is 17.6 Å². The van der Waals surface area contributed by atoms with Crippen molar-refractivity contribution in [1.29, 1.82) is 0 Å². The summed E-state index contributed by atoms with van der Waals surface area (Å²) >= 11 is 0.800. The Hall–Kier alpha value is -0.750. The van der Waals surface area contributed by atoms with Crippen LogP contribution in [0.2, 0.25) is 0 Å². The van der Waals surface area contributed by atoms with E-state index in [0.29, 0.717) is 0 Å². The van der Waals surface area contributed by atoms with Crippen molar-refractivity contribution in [3.63, 3.8) is 0 Å². The fourth-order valence-corrected chi connectivity index (χ4v) is 1.77. The summed E-state index contributed by atoms with van der Waals surface area (Å²) in [5.41, 5.74) is -0.231. The molecule has 0 aliphatic carbocycles. The predicted octanol–water partition coefficient (Wildman–Crippen LogP) is 3.12. The maximum Gasteiger partial charge on any atom is 0.198 e. The van der Waals surface area contributed by atoms with Crippen molar-refractivity contribution < 1.29 is 17.6 Å². The van der Waals surface area contributed by atoms with Gasteiger partial charge in [0.1, 0.15) is 0 Å². The Kier molecular flexibility index (Phi) is 3.62. The quantitative estimate of drug-likeness (QED) is 0.337. The van der Waals surface area contributed by atoms with Crippen molar-refractivity contribution in [3.8, 4) is 0 Å². The number of rotatable bonds is 2. The second-order valence-corrected chi connectivity index (χ2v) is 4.43. The summed E-state index contributed by atoms with van der Waals surface area (Å²) in [6.45, 7) is 1.20. The molecule has 0 heterocycles. The van der Waals surface area contributed by atoms with Crippen LogP contribution in [0.3, 0.4) is 0 Å². The van der Waals surface area contributed by atoms with Crippen LogP contribution in [0.5, 0.6) is 0 Å². The molecule has 0 saturated carbocycles. The van der Waals surface area contributed by atoms with Gasteiger partial charge in [0.05, 0.1) is 4.90 Å². The molecular formula is C9H9F4NS. The maximum atomic E-state index is 13.2. The third-order valence-electron chi connectivity index (χ3n) is 1.72. The third kappa shape index (κ3) is 2.26. The van der Waals surface area contributed by atoms with Crippen LogP contribution in [0, 0.1) is 30.2 Å². The molecule has 0 spiro atoms. The number of hydrogen-bond acceptors (Lipinski definition) is 2. The summed E-state index contributed by atoms with van der Waals surface area (Å²) in [6, 6.07) is 0. The molecule has 1 aromatic carbocycles. The average molecular weight is 239 g/mol. The van der Waals surface area contributed by atoms with Gasteiger partial charge in [-0.25, -0.2) is 17.6 Å². The van der Waals surface area contributed by atoms with Crippen LogP contribution in [-0.4, -0.2) is 18.4 Å². The molecule has 0 aromatic heterocycles. The lowest BCUT2D eigenvalue weighted by molar-refractivity contribution is 0.394. The maximum absolute atomic E-state index is 13.2. The minimum atomic E-state index is -1.78. The van der Waals surface area contributed by atoms with E-state index in [1.807, 2.05) is 0 Å². The van der Waals surface area contributed by atoms with Gasteiger partial charge in [0.15, 0.2) is 23.3 Å². The summed E-state index contributed by atoms with van der Waals surface area (Å²) in [5, 5.41) is 0. The molecule has 1 nitrogen and oxygen atoms in total. The van der Waals surface area contributed by atoms with E-state index in [1.165, 1.54) is 11.2 Å². The number of nitrogens with zero attached hydrogens (tertiary/aromatic N) is 1. The summed E-state index contributed by atoms with van der Waals surface area (Å²) in [5.74, 6) is -6.25. The number of hydrogen-bond donors (Lipinski definition) is 0. The van der Waals surface area contributed by atoms with Crippen molar-refractivity contribution in [2.45, 2.75) is 11.8 Å². The zero-order valence-corrected chi connectivity index (χ0v) is 9.18. The Morgan fingerprint density at radius 3 is 1.80 bits per heavy atom. The lowest BCUT2D eigenvalue weighted by atomic mass is 10.2. The van der Waals surface area contributed by atoms with E-state index in [4.69, 9.17) is 0 Å². The van der Waals surface area contributed by atoms with Gasteiger partial charge in [-0.1, -0.05) is 0 Å². The second kappa shape index (κ2) is 4.40. The number of halogens is 4. The Morgan fingerprint density at radius 2 is 1.33 bits per heavy atom. The predicted molar refractivity (Wildman–Crippen MR) is 50.6 cm³/mol. The van der Waals surface area contributed by atoms with Crippen LogP contribution >= 0.6 is 11.9 Å². The highest BCUT2D eigenvalue weighted by molar-refractivity contribution is 7.97. The highest BCUT2D eigenvalue weighted by atomic mass is 32.2. The van der Waals surface area contributed by atoms with Crippen molar-refractivity contribution in [2.75, 3.05) is 14.1 Å². The molecule has 0 unspecified atom stereocenters. The SMILES string of the molecule is Cc1c(F)c(F)c(F)c(F)c1SN(C)C. The highest BCUT2D eigenvalue weighted by Crippen LogP contribution is 2.31. The van der Waals surface area contributed by atoms with Gasteiger partial charge in [0.2, 0.25) is 0 Å². The van der Waals surface area contributed by atoms with Crippen LogP contribution in [0.25, 0.3) is 0 Å². The molecule has 0 aliphatic rings. The van der Waals surface area contributed by atoms with Gasteiger partial charge in [-0.15, -0.1) is 0 Å². The zero-order chi connectivity index (χ0) is 11.7. The van der Waals surface area contributed by atoms with Gasteiger partial charge < -0.3 is 0 Å². The molecule has 0 atom stereocenters. The number of benzene rings is 1. The van der Waals surface area contributed by atoms with Crippen LogP contribution in [0.1, 0.15) is 5.56 Å². The Bertz CT molecular complexity index is 363. The smallest absolute Gasteiger partial charge is 0.198 e. The fraction of sp³-hybridized carbons (Fsp3) is 0.333. The van der Waals surface area contributed by atoms with E-state index < -0.39 is 23.3 Å². The standard InChI is InChI=1S/C9H9F4NS/c1-4-5(10)6(11)7(12)8(13)9(4)15-14(2)3/h1-3H3. The van der Waals surface area contributed by atoms with Crippen molar-refractivity contribution in [1.82, 2.24) is 4.31 Å². The van der Waals surface area contributed by atoms with Crippen molar-refractivity contribution >= 4 is 11.9 Å². The first kappa shape index (κ1) is 12.3. The summed E-state index contributed by atoms with van der Waals surface area (Å²) in [6.07, 6.45) is 0. The van der Waals surface area contributed by atoms with E-state index in [-0.39, 0.29) is 10.5 Å². The third-order valence-corrected chi connectivity index (χ3v) is 2.75. The summed E-state index contributed by atoms with van der Waals surface area (Å²) in [7, 11) is 3.17. The molecule has 0 radical (unpaired) electrons. The molecule has 1 aromatic rings. The fourth-order valence-electron chi connectivity index (χ4n) is 1.01. The summed E-state index contributed by atoms with van der Waals surface area (Å²) in [4.78, 5) is -0.239. The van der Waals surface area contributed by atoms with Crippen LogP contribution in [-0.2, 0) is 0 Å². The second-order valence-electron chi connectivity index (χ2n) is 3.11. The van der Waals surface area contributed by atoms with Gasteiger partial charge in [-0.05, 0) is 33.0 Å². The lowest BCUT2D eigenvalue weighted by Gasteiger charge is -2.13. The van der Waals surface area contributed by atoms with E-state index in [0.717, 1.165) is 11.9 Å². The first-order valence-electron chi connectivity index (χ1n) is 4.04. The Labute approximate surface area is 89.2 Å². The molecule has 1 rings (SSSR count). The van der Waals surface area contributed by atoms with Crippen molar-refractivity contribution in [3.05, 3.63) is 28.8 Å². The van der Waals surface area contributed by atoms with Gasteiger partial charge in [0.25, 0.3) is 0 Å². The molecule has 0 fully saturated rings. The molecule has 0 amide bonds. The lowest BCUT2D eigenvalue weighted by Crippen LogP contribution is -2.06. The average Bonchev–Trinajstić information content (AvgIpc) is 2.18. The molecule has 0 saturated heterocycles. The minimum absolute atomic E-state index is 0.231. The van der Waals surface area contributed by atoms with E-state index in [9.17, 15) is 17.6 Å². The first-order valence-corrected chi connectivity index (χ1v) is 4.81. The molecule has 0 aliphatic heterocycles. The van der Waals surface area contributed by atoms with Gasteiger partial charge in [-0.2, -0.15) is 0 Å². The topological polar surface area (TPSA) is 3.24 Å². The molecule has 6 heteroatoms. The van der Waals surface area contributed by atoms with Gasteiger partial charge in [0, 0.05) is 5.56 Å². The summed E-state index contributed by atoms with van der Waals surface area (Å²) < 4.78 is 53.4. The van der Waals surface area contributed by atoms with Gasteiger partial charge in [-0.3, -0.25) is 4.31 Å². The largest absolute Gasteiger partial charge is 0.252 e. The highest BCUT2D eigenvalue weighted by Gasteiger charge is 2.23. The first-order chi connectivity index (χ1) is 6.86. The van der Waals surface area contributed by atoms with Crippen LogP contribution < -0.4 is 0 Å². The van der Waals surface area contributed by atoms with Crippen LogP contribution in [0.15, 0.2) is 4.90 Å². The minimum Gasteiger partial charge on any atom is -0.252 e. The van der Waals surface area contributed by atoms with Gasteiger partial charge >= 0.3 is 0 Å². The molecule has 15 heavy (non-hydrogen) atoms. The molecule has 84 valence electrons. The zero-order valence-electron chi connectivity index (χ0n) is 8.37. The molecule has 0 bridgehead atoms. The molecular weight excluding hydrogens is 230 g/mol. The van der Waals surface area contributed by atoms with Crippen molar-refractivity contribution in [2.24, 2.45) is 0 Å². The van der Waals surface area contributed by atoms with E-state index in [1.54, 1.807) is 14.1 Å². The normalized spacial score (nSPS) is 11.2. The molecule has 0 N–H and O–H groups in total.